The summed E-state index contributed by atoms with van der Waals surface area (Å²) in [5, 5.41) is 20.2. The van der Waals surface area contributed by atoms with Gasteiger partial charge in [0, 0.05) is 5.56 Å². The second-order valence-corrected chi connectivity index (χ2v) is 9.35. The number of hydrazine groups is 1. The minimum absolute atomic E-state index is 0.0549. The number of phenols is 1. The zero-order chi connectivity index (χ0) is 21.4. The van der Waals surface area contributed by atoms with Crippen molar-refractivity contribution in [2.75, 3.05) is 0 Å². The molecule has 0 bridgehead atoms. The number of nitrogens with zero attached hydrogens (tertiary/aromatic N) is 3. The summed E-state index contributed by atoms with van der Waals surface area (Å²) in [6.07, 6.45) is 0.942. The number of carbonyl (C=O) groups is 1. The van der Waals surface area contributed by atoms with Crippen LogP contribution in [-0.4, -0.2) is 26.0 Å². The number of hydrogen-bond acceptors (Lipinski definition) is 5. The Hall–Kier alpha value is -2.93. The minimum Gasteiger partial charge on any atom is -0.505 e. The molecule has 0 atom stereocenters. The maximum Gasteiger partial charge on any atom is 0.238 e. The van der Waals surface area contributed by atoms with Crippen molar-refractivity contribution >= 4 is 16.9 Å². The van der Waals surface area contributed by atoms with E-state index in [1.807, 2.05) is 30.3 Å². The summed E-state index contributed by atoms with van der Waals surface area (Å²) in [4.78, 5) is 13.3. The number of benzene rings is 2. The van der Waals surface area contributed by atoms with Crippen molar-refractivity contribution in [2.45, 2.75) is 52.9 Å². The number of amides is 1. The first kappa shape index (κ1) is 20.8. The van der Waals surface area contributed by atoms with Crippen LogP contribution >= 0.6 is 0 Å². The molecular formula is C22H29N5O2. The molecule has 0 aliphatic rings. The molecule has 7 heteroatoms. The topological polar surface area (TPSA) is 106 Å². The molecule has 7 nitrogen and oxygen atoms in total. The van der Waals surface area contributed by atoms with E-state index in [1.165, 1.54) is 4.80 Å². The molecule has 3 aromatic rings. The fraction of sp³-hybridized carbons (Fsp3) is 0.409. The van der Waals surface area contributed by atoms with Crippen LogP contribution in [0.4, 0.5) is 0 Å². The highest BCUT2D eigenvalue weighted by Crippen LogP contribution is 2.42. The Bertz CT molecular complexity index is 1010. The van der Waals surface area contributed by atoms with Crippen LogP contribution in [0.2, 0.25) is 0 Å². The van der Waals surface area contributed by atoms with Crippen LogP contribution in [0.15, 0.2) is 36.4 Å². The first-order valence-electron chi connectivity index (χ1n) is 9.68. The number of rotatable bonds is 5. The van der Waals surface area contributed by atoms with Crippen LogP contribution in [0.25, 0.3) is 16.7 Å². The highest BCUT2D eigenvalue weighted by Gasteiger charge is 2.31. The monoisotopic (exact) mass is 395 g/mol. The van der Waals surface area contributed by atoms with Gasteiger partial charge in [0.2, 0.25) is 5.91 Å². The largest absolute Gasteiger partial charge is 0.505 e. The molecule has 29 heavy (non-hydrogen) atoms. The lowest BCUT2D eigenvalue weighted by Gasteiger charge is -2.34. The molecule has 1 heterocycles. The molecule has 0 saturated carbocycles. The summed E-state index contributed by atoms with van der Waals surface area (Å²) in [6, 6.07) is 11.1. The van der Waals surface area contributed by atoms with E-state index in [4.69, 9.17) is 5.84 Å². The van der Waals surface area contributed by atoms with Gasteiger partial charge in [-0.15, -0.1) is 15.0 Å². The van der Waals surface area contributed by atoms with E-state index in [2.05, 4.69) is 50.2 Å². The Morgan fingerprint density at radius 3 is 2.21 bits per heavy atom. The highest BCUT2D eigenvalue weighted by atomic mass is 16.3. The number of aromatic hydroxyl groups is 1. The third-order valence-corrected chi connectivity index (χ3v) is 4.88. The Morgan fingerprint density at radius 2 is 1.69 bits per heavy atom. The molecule has 1 aromatic heterocycles. The summed E-state index contributed by atoms with van der Waals surface area (Å²) in [5.41, 5.74) is 5.28. The fourth-order valence-electron chi connectivity index (χ4n) is 4.07. The van der Waals surface area contributed by atoms with Crippen molar-refractivity contribution in [3.63, 3.8) is 0 Å². The van der Waals surface area contributed by atoms with E-state index in [-0.39, 0.29) is 28.9 Å². The Balaban J connectivity index is 2.19. The van der Waals surface area contributed by atoms with Crippen LogP contribution in [0.5, 0.6) is 5.75 Å². The first-order chi connectivity index (χ1) is 13.5. The summed E-state index contributed by atoms with van der Waals surface area (Å²) >= 11 is 0. The van der Waals surface area contributed by atoms with E-state index in [9.17, 15) is 9.90 Å². The predicted molar refractivity (Wildman–Crippen MR) is 114 cm³/mol. The average Bonchev–Trinajstić information content (AvgIpc) is 3.04. The smallest absolute Gasteiger partial charge is 0.238 e. The molecule has 0 saturated heterocycles. The molecular weight excluding hydrogens is 366 g/mol. The van der Waals surface area contributed by atoms with Crippen molar-refractivity contribution in [2.24, 2.45) is 11.3 Å². The Labute approximate surface area is 170 Å². The third kappa shape index (κ3) is 4.56. The second kappa shape index (κ2) is 7.48. The van der Waals surface area contributed by atoms with Gasteiger partial charge in [0.05, 0.1) is 6.42 Å². The highest BCUT2D eigenvalue weighted by molar-refractivity contribution is 5.78. The summed E-state index contributed by atoms with van der Waals surface area (Å²) in [6.45, 7) is 10.7. The van der Waals surface area contributed by atoms with E-state index < -0.39 is 0 Å². The van der Waals surface area contributed by atoms with Gasteiger partial charge >= 0.3 is 0 Å². The van der Waals surface area contributed by atoms with Crippen molar-refractivity contribution in [1.29, 1.82) is 0 Å². The average molecular weight is 396 g/mol. The van der Waals surface area contributed by atoms with Crippen LogP contribution in [0.1, 0.15) is 52.2 Å². The molecule has 0 unspecified atom stereocenters. The number of nitrogens with two attached hydrogens (primary N) is 1. The van der Waals surface area contributed by atoms with Crippen molar-refractivity contribution < 1.29 is 9.90 Å². The van der Waals surface area contributed by atoms with E-state index in [1.54, 1.807) is 6.07 Å². The lowest BCUT2D eigenvalue weighted by molar-refractivity contribution is -0.120. The van der Waals surface area contributed by atoms with Gasteiger partial charge in [-0.3, -0.25) is 10.2 Å². The van der Waals surface area contributed by atoms with Crippen LogP contribution in [-0.2, 0) is 16.6 Å². The predicted octanol–water partition coefficient (Wildman–Crippen LogP) is 3.37. The second-order valence-electron chi connectivity index (χ2n) is 9.35. The molecule has 3 rings (SSSR count). The summed E-state index contributed by atoms with van der Waals surface area (Å²) < 4.78 is 0. The van der Waals surface area contributed by atoms with Gasteiger partial charge < -0.3 is 5.11 Å². The number of phenolic OH excluding ortho intramolecular Hbond substituents is 1. The SMILES string of the molecule is CC(C)(C)CC(C)(C)c1cc(CC(=O)NN)cc(-n2nc3ccccc3n2)c1O. The van der Waals surface area contributed by atoms with Gasteiger partial charge in [-0.1, -0.05) is 52.8 Å². The van der Waals surface area contributed by atoms with E-state index >= 15 is 0 Å². The van der Waals surface area contributed by atoms with E-state index in [0.717, 1.165) is 28.6 Å². The molecule has 2 aromatic carbocycles. The Morgan fingerprint density at radius 1 is 1.10 bits per heavy atom. The maximum absolute atomic E-state index is 11.9. The maximum atomic E-state index is 11.9. The molecule has 154 valence electrons. The van der Waals surface area contributed by atoms with Crippen molar-refractivity contribution in [3.8, 4) is 11.4 Å². The number of fused-ring (bicyclic) bond motifs is 1. The summed E-state index contributed by atoms with van der Waals surface area (Å²) in [5.74, 6) is 5.09. The van der Waals surface area contributed by atoms with Gasteiger partial charge in [-0.2, -0.15) is 0 Å². The number of hydrogen-bond donors (Lipinski definition) is 3. The minimum atomic E-state index is -0.334. The van der Waals surface area contributed by atoms with Crippen molar-refractivity contribution in [1.82, 2.24) is 20.4 Å². The summed E-state index contributed by atoms with van der Waals surface area (Å²) in [7, 11) is 0. The van der Waals surface area contributed by atoms with Crippen LogP contribution < -0.4 is 11.3 Å². The molecule has 0 fully saturated rings. The van der Waals surface area contributed by atoms with Gasteiger partial charge in [-0.25, -0.2) is 5.84 Å². The molecule has 0 aliphatic carbocycles. The molecule has 1 amide bonds. The van der Waals surface area contributed by atoms with Crippen molar-refractivity contribution in [3.05, 3.63) is 47.5 Å². The lowest BCUT2D eigenvalue weighted by Crippen LogP contribution is -2.31. The van der Waals surface area contributed by atoms with Crippen LogP contribution in [0, 0.1) is 5.41 Å². The van der Waals surface area contributed by atoms with Gasteiger partial charge in [0.1, 0.15) is 22.5 Å². The van der Waals surface area contributed by atoms with Gasteiger partial charge in [0.25, 0.3) is 0 Å². The fourth-order valence-corrected chi connectivity index (χ4v) is 4.07. The first-order valence-corrected chi connectivity index (χ1v) is 9.68. The van der Waals surface area contributed by atoms with Gasteiger partial charge in [0.15, 0.2) is 0 Å². The molecule has 0 radical (unpaired) electrons. The standard InChI is InChI=1S/C22H29N5O2/c1-21(2,3)13-22(4,5)15-10-14(12-19(28)24-23)11-18(20(15)29)27-25-16-8-6-7-9-17(16)26-27/h6-11,29H,12-13,23H2,1-5H3,(H,24,28). The molecule has 4 N–H and O–H groups in total. The molecule has 0 aliphatic heterocycles. The lowest BCUT2D eigenvalue weighted by atomic mass is 9.71. The zero-order valence-corrected chi connectivity index (χ0v) is 17.7. The van der Waals surface area contributed by atoms with Gasteiger partial charge in [-0.05, 0) is 41.0 Å². The normalized spacial score (nSPS) is 12.3. The molecule has 0 spiro atoms. The Kier molecular flexibility index (Phi) is 5.36. The zero-order valence-electron chi connectivity index (χ0n) is 17.7. The number of nitrogens with one attached hydrogen (secondary N) is 1. The quantitative estimate of drug-likeness (QED) is 0.349. The third-order valence-electron chi connectivity index (χ3n) is 4.88. The number of aromatic nitrogens is 3. The van der Waals surface area contributed by atoms with E-state index in [0.29, 0.717) is 5.69 Å². The number of carbonyl (C=O) groups excluding carboxylic acids is 1. The van der Waals surface area contributed by atoms with Crippen LogP contribution in [0.3, 0.4) is 0 Å².